The first-order valence-corrected chi connectivity index (χ1v) is 5.54. The highest BCUT2D eigenvalue weighted by Crippen LogP contribution is 2.20. The molecule has 0 aliphatic heterocycles. The highest BCUT2D eigenvalue weighted by molar-refractivity contribution is 5.90. The van der Waals surface area contributed by atoms with Gasteiger partial charge >= 0.3 is 0 Å². The molecule has 0 aliphatic carbocycles. The summed E-state index contributed by atoms with van der Waals surface area (Å²) in [4.78, 5) is 10.9. The Kier molecular flexibility index (Phi) is 3.28. The number of halogens is 2. The van der Waals surface area contributed by atoms with Crippen LogP contribution in [0.25, 0.3) is 0 Å². The van der Waals surface area contributed by atoms with Gasteiger partial charge in [0.25, 0.3) is 5.91 Å². The first-order valence-electron chi connectivity index (χ1n) is 5.54. The minimum Gasteiger partial charge on any atom is -0.364 e. The van der Waals surface area contributed by atoms with Crippen LogP contribution in [0.3, 0.4) is 0 Å². The van der Waals surface area contributed by atoms with Crippen LogP contribution in [-0.2, 0) is 6.54 Å². The van der Waals surface area contributed by atoms with Gasteiger partial charge in [-0.2, -0.15) is 0 Å². The summed E-state index contributed by atoms with van der Waals surface area (Å²) in [6.07, 6.45) is 1.25. The average Bonchev–Trinajstić information content (AvgIpc) is 2.81. The van der Waals surface area contributed by atoms with E-state index in [1.807, 2.05) is 0 Å². The molecule has 0 radical (unpaired) electrons. The van der Waals surface area contributed by atoms with Crippen LogP contribution in [0, 0.1) is 25.5 Å². The topological polar surface area (TPSA) is 73.8 Å². The lowest BCUT2D eigenvalue weighted by Crippen LogP contribution is -2.11. The van der Waals surface area contributed by atoms with Crippen LogP contribution < -0.4 is 5.73 Å². The van der Waals surface area contributed by atoms with Crippen LogP contribution in [0.2, 0.25) is 0 Å². The lowest BCUT2D eigenvalue weighted by Gasteiger charge is -2.09. The third-order valence-corrected chi connectivity index (χ3v) is 2.93. The number of hydrogen-bond donors (Lipinski definition) is 1. The van der Waals surface area contributed by atoms with Crippen LogP contribution in [0.5, 0.6) is 0 Å². The molecule has 114 valence electrons. The fourth-order valence-corrected chi connectivity index (χ4v) is 1.69. The first kappa shape index (κ1) is 13.1. The zero-order valence-electron chi connectivity index (χ0n) is 10.4. The van der Waals surface area contributed by atoms with Gasteiger partial charge in [-0.1, -0.05) is 5.21 Å². The molecule has 1 aromatic carbocycles. The van der Waals surface area contributed by atoms with Crippen LogP contribution in [-0.4, -0.2) is 20.9 Å². The number of carbonyl (C=O) groups excluding carboxylic acids is 1. The van der Waals surface area contributed by atoms with Crippen molar-refractivity contribution < 1.29 is 23.6 Å². The van der Waals surface area contributed by atoms with Crippen molar-refractivity contribution in [3.63, 3.8) is 0 Å². The summed E-state index contributed by atoms with van der Waals surface area (Å²) in [6.45, 7) is 3.05. The molecule has 0 spiro atoms. The number of amides is 1. The van der Waals surface area contributed by atoms with Gasteiger partial charge in [0, 0.05) is 15.5 Å². The Bertz CT molecular complexity index is 673. The molecule has 2 N–H and O–H groups in total. The summed E-state index contributed by atoms with van der Waals surface area (Å²) in [5.41, 5.74) is 5.77. The molecule has 0 atom stereocenters. The van der Waals surface area contributed by atoms with E-state index in [1.54, 1.807) is 13.8 Å². The predicted octanol–water partition coefficient (Wildman–Crippen LogP) is 3.04. The Labute approximate surface area is 118 Å². The Morgan fingerprint density at radius 1 is 1.47 bits per heavy atom. The molecular formula is C12H26F2N4O. The minimum atomic E-state index is -0.743. The maximum atomic E-state index is 14.0. The number of nitrogens with zero attached hydrogens (tertiary/aromatic N) is 3. The molecule has 0 bridgehead atoms. The fourth-order valence-electron chi connectivity index (χ4n) is 1.69. The molecule has 0 fully saturated rings. The zero-order valence-corrected chi connectivity index (χ0v) is 10.4. The summed E-state index contributed by atoms with van der Waals surface area (Å²) >= 11 is 0. The standard InChI is InChI=1S/C12H12F2N4O.7H2/c1-6-3-9(13)8(11(14)7(6)2)4-18-5-10(12(15)19)16-17-18;;;;;;;/h3,5H,4H2,1-2H3,(H2,15,19);7*1H. The van der Waals surface area contributed by atoms with Crippen LogP contribution in [0.4, 0.5) is 8.78 Å². The predicted molar refractivity (Wildman–Crippen MR) is 78.3 cm³/mol. The molecule has 0 aliphatic rings. The van der Waals surface area contributed by atoms with E-state index in [0.29, 0.717) is 11.1 Å². The third kappa shape index (κ3) is 2.44. The van der Waals surface area contributed by atoms with Crippen molar-refractivity contribution in [1.29, 1.82) is 0 Å². The monoisotopic (exact) mass is 280 g/mol. The van der Waals surface area contributed by atoms with Gasteiger partial charge in [-0.3, -0.25) is 4.79 Å². The number of benzene rings is 1. The molecule has 5 nitrogen and oxygen atoms in total. The maximum absolute atomic E-state index is 14.0. The summed E-state index contributed by atoms with van der Waals surface area (Å²) in [5.74, 6) is -2.02. The van der Waals surface area contributed by atoms with Gasteiger partial charge in [0.1, 0.15) is 11.6 Å². The highest BCUT2D eigenvalue weighted by Gasteiger charge is 2.16. The Balaban J connectivity index is -0.000000143. The van der Waals surface area contributed by atoms with Crippen molar-refractivity contribution in [1.82, 2.24) is 15.0 Å². The van der Waals surface area contributed by atoms with Gasteiger partial charge in [-0.05, 0) is 31.0 Å². The average molecular weight is 280 g/mol. The van der Waals surface area contributed by atoms with E-state index in [1.165, 1.54) is 12.3 Å². The van der Waals surface area contributed by atoms with Crippen molar-refractivity contribution in [2.24, 2.45) is 5.73 Å². The highest BCUT2D eigenvalue weighted by atomic mass is 19.1. The first-order chi connectivity index (χ1) is 8.90. The number of primary amides is 1. The van der Waals surface area contributed by atoms with Crippen molar-refractivity contribution in [2.45, 2.75) is 20.4 Å². The zero-order chi connectivity index (χ0) is 14.2. The lowest BCUT2D eigenvalue weighted by molar-refractivity contribution is 0.0995. The largest absolute Gasteiger partial charge is 0.364 e. The number of hydrogen-bond acceptors (Lipinski definition) is 3. The Hall–Kier alpha value is -2.31. The summed E-state index contributed by atoms with van der Waals surface area (Å²) in [7, 11) is 0. The molecule has 2 rings (SSSR count). The van der Waals surface area contributed by atoms with Gasteiger partial charge in [0.15, 0.2) is 5.69 Å². The van der Waals surface area contributed by atoms with Crippen molar-refractivity contribution in [3.05, 3.63) is 46.3 Å². The van der Waals surface area contributed by atoms with Gasteiger partial charge in [0.05, 0.1) is 12.7 Å². The van der Waals surface area contributed by atoms with Crippen LogP contribution >= 0.6 is 0 Å². The lowest BCUT2D eigenvalue weighted by atomic mass is 10.0. The second kappa shape index (κ2) is 4.75. The van der Waals surface area contributed by atoms with Crippen molar-refractivity contribution in [3.8, 4) is 0 Å². The smallest absolute Gasteiger partial charge is 0.270 e. The molecule has 7 heteroatoms. The van der Waals surface area contributed by atoms with E-state index >= 15 is 0 Å². The van der Waals surface area contributed by atoms with Crippen molar-refractivity contribution in [2.75, 3.05) is 0 Å². The molecule has 2 aromatic rings. The normalized spacial score (nSPS) is 10.7. The van der Waals surface area contributed by atoms with E-state index < -0.39 is 17.5 Å². The van der Waals surface area contributed by atoms with E-state index in [0.717, 1.165) is 4.68 Å². The maximum Gasteiger partial charge on any atom is 0.270 e. The summed E-state index contributed by atoms with van der Waals surface area (Å²) < 4.78 is 28.9. The number of rotatable bonds is 3. The van der Waals surface area contributed by atoms with E-state index in [4.69, 9.17) is 5.73 Å². The number of aromatic nitrogens is 3. The number of aryl methyl sites for hydroxylation is 1. The quantitative estimate of drug-likeness (QED) is 0.939. The van der Waals surface area contributed by atoms with Gasteiger partial charge in [0.2, 0.25) is 0 Å². The molecule has 1 heterocycles. The van der Waals surface area contributed by atoms with Crippen molar-refractivity contribution >= 4 is 5.91 Å². The summed E-state index contributed by atoms with van der Waals surface area (Å²) in [6, 6.07) is 1.26. The van der Waals surface area contributed by atoms with Crippen LogP contribution in [0.15, 0.2) is 12.3 Å². The second-order valence-corrected chi connectivity index (χ2v) is 4.26. The molecule has 0 saturated carbocycles. The second-order valence-electron chi connectivity index (χ2n) is 4.26. The molecule has 1 aromatic heterocycles. The summed E-state index contributed by atoms with van der Waals surface area (Å²) in [5, 5.41) is 7.10. The van der Waals surface area contributed by atoms with Gasteiger partial charge in [-0.15, -0.1) is 5.10 Å². The molecule has 19 heavy (non-hydrogen) atoms. The number of carbonyl (C=O) groups is 1. The molecule has 0 unspecified atom stereocenters. The van der Waals surface area contributed by atoms with E-state index in [2.05, 4.69) is 10.3 Å². The van der Waals surface area contributed by atoms with Gasteiger partial charge in [-0.25, -0.2) is 13.5 Å². The SMILES string of the molecule is Cc1cc(F)c(Cn2cc(C(N)=O)nn2)c(F)c1C.[HH].[HH].[HH].[HH].[HH].[HH].[HH]. The molecular weight excluding hydrogens is 254 g/mol. The minimum absolute atomic E-state index is 0. The van der Waals surface area contributed by atoms with E-state index in [9.17, 15) is 13.6 Å². The third-order valence-electron chi connectivity index (χ3n) is 2.93. The molecule has 0 saturated heterocycles. The number of nitrogens with two attached hydrogens (primary N) is 1. The van der Waals surface area contributed by atoms with Crippen LogP contribution in [0.1, 0.15) is 37.2 Å². The van der Waals surface area contributed by atoms with E-state index in [-0.39, 0.29) is 27.8 Å². The molecule has 1 amide bonds. The fraction of sp³-hybridized carbons (Fsp3) is 0.250. The van der Waals surface area contributed by atoms with Gasteiger partial charge < -0.3 is 5.73 Å². The Morgan fingerprint density at radius 2 is 2.16 bits per heavy atom. The Morgan fingerprint density at radius 3 is 2.74 bits per heavy atom.